The van der Waals surface area contributed by atoms with E-state index in [4.69, 9.17) is 10.9 Å². The highest BCUT2D eigenvalue weighted by Crippen LogP contribution is 2.30. The van der Waals surface area contributed by atoms with Crippen LogP contribution in [0.25, 0.3) is 0 Å². The summed E-state index contributed by atoms with van der Waals surface area (Å²) < 4.78 is 0. The Hall–Kier alpha value is -1.40. The van der Waals surface area contributed by atoms with Gasteiger partial charge in [-0.3, -0.25) is 4.90 Å². The van der Waals surface area contributed by atoms with Gasteiger partial charge in [0, 0.05) is 42.8 Å². The number of nitrogens with two attached hydrogens (primary N) is 1. The molecule has 0 radical (unpaired) electrons. The maximum Gasteiger partial charge on any atom is 0.173 e. The third kappa shape index (κ3) is 3.44. The monoisotopic (exact) mass is 308 g/mol. The van der Waals surface area contributed by atoms with Gasteiger partial charge in [0.15, 0.2) is 5.84 Å². The number of rotatable bonds is 4. The molecule has 21 heavy (non-hydrogen) atoms. The molecule has 1 heterocycles. The van der Waals surface area contributed by atoms with Crippen LogP contribution in [0.4, 0.5) is 5.69 Å². The van der Waals surface area contributed by atoms with Crippen molar-refractivity contribution in [3.05, 3.63) is 23.8 Å². The van der Waals surface area contributed by atoms with Gasteiger partial charge in [0.2, 0.25) is 0 Å². The van der Waals surface area contributed by atoms with E-state index in [0.29, 0.717) is 6.04 Å². The van der Waals surface area contributed by atoms with Crippen molar-refractivity contribution in [2.75, 3.05) is 37.3 Å². The molecule has 0 spiro atoms. The second kappa shape index (κ2) is 7.04. The second-order valence-corrected chi connectivity index (χ2v) is 6.30. The Balaban J connectivity index is 2.28. The molecular weight excluding hydrogens is 284 g/mol. The van der Waals surface area contributed by atoms with Gasteiger partial charge in [0.05, 0.1) is 5.56 Å². The van der Waals surface area contributed by atoms with Crippen LogP contribution in [0.5, 0.6) is 0 Å². The van der Waals surface area contributed by atoms with Crippen molar-refractivity contribution < 1.29 is 5.21 Å². The predicted molar refractivity (Wildman–Crippen MR) is 89.7 cm³/mol. The van der Waals surface area contributed by atoms with Crippen LogP contribution in [0.1, 0.15) is 19.4 Å². The number of amidine groups is 1. The zero-order chi connectivity index (χ0) is 15.4. The minimum atomic E-state index is 0.182. The van der Waals surface area contributed by atoms with Crippen molar-refractivity contribution in [1.82, 2.24) is 4.90 Å². The summed E-state index contributed by atoms with van der Waals surface area (Å²) in [5.74, 6) is 0.182. The van der Waals surface area contributed by atoms with E-state index in [2.05, 4.69) is 34.9 Å². The average Bonchev–Trinajstić information content (AvgIpc) is 2.53. The Bertz CT molecular complexity index is 510. The molecule has 6 heteroatoms. The van der Waals surface area contributed by atoms with E-state index in [-0.39, 0.29) is 5.84 Å². The molecule has 5 nitrogen and oxygen atoms in total. The highest BCUT2D eigenvalue weighted by atomic mass is 32.2. The van der Waals surface area contributed by atoms with E-state index < -0.39 is 0 Å². The van der Waals surface area contributed by atoms with Gasteiger partial charge in [-0.2, -0.15) is 0 Å². The highest BCUT2D eigenvalue weighted by molar-refractivity contribution is 7.98. The maximum atomic E-state index is 9.07. The molecule has 0 atom stereocenters. The maximum absolute atomic E-state index is 9.07. The molecule has 1 fully saturated rings. The number of thioether (sulfide) groups is 1. The van der Waals surface area contributed by atoms with E-state index in [1.165, 1.54) is 0 Å². The van der Waals surface area contributed by atoms with Crippen LogP contribution in [-0.2, 0) is 0 Å². The SMILES string of the molecule is CSc1cccc(N2CCN(C(C)C)CC2)c1/C(N)=N/O. The minimum Gasteiger partial charge on any atom is -0.409 e. The fraction of sp³-hybridized carbons (Fsp3) is 0.533. The lowest BCUT2D eigenvalue weighted by atomic mass is 10.1. The topological polar surface area (TPSA) is 65.1 Å². The number of hydrogen-bond donors (Lipinski definition) is 2. The standard InChI is InChI=1S/C15H24N4OS/c1-11(2)18-7-9-19(10-8-18)12-5-4-6-13(21-3)14(12)15(16)17-20/h4-6,11,20H,7-10H2,1-3H3,(H2,16,17). The molecule has 0 amide bonds. The number of anilines is 1. The Kier molecular flexibility index (Phi) is 5.36. The molecule has 3 N–H and O–H groups in total. The Morgan fingerprint density at radius 2 is 1.95 bits per heavy atom. The molecule has 0 unspecified atom stereocenters. The first kappa shape index (κ1) is 16.0. The van der Waals surface area contributed by atoms with Crippen molar-refractivity contribution in [3.8, 4) is 0 Å². The van der Waals surface area contributed by atoms with Crippen LogP contribution in [0.2, 0.25) is 0 Å². The summed E-state index contributed by atoms with van der Waals surface area (Å²) >= 11 is 1.61. The van der Waals surface area contributed by atoms with Gasteiger partial charge in [0.25, 0.3) is 0 Å². The molecule has 116 valence electrons. The number of benzene rings is 1. The van der Waals surface area contributed by atoms with Gasteiger partial charge in [-0.05, 0) is 32.2 Å². The van der Waals surface area contributed by atoms with E-state index in [9.17, 15) is 0 Å². The van der Waals surface area contributed by atoms with Crippen molar-refractivity contribution in [2.24, 2.45) is 10.9 Å². The normalized spacial score (nSPS) is 17.5. The Morgan fingerprint density at radius 3 is 2.48 bits per heavy atom. The molecule has 0 bridgehead atoms. The first-order valence-electron chi connectivity index (χ1n) is 7.22. The Labute approximate surface area is 130 Å². The fourth-order valence-electron chi connectivity index (χ4n) is 2.74. The van der Waals surface area contributed by atoms with Crippen molar-refractivity contribution in [1.29, 1.82) is 0 Å². The molecule has 1 saturated heterocycles. The average molecular weight is 308 g/mol. The van der Waals surface area contributed by atoms with Crippen LogP contribution >= 0.6 is 11.8 Å². The number of oxime groups is 1. The lowest BCUT2D eigenvalue weighted by Gasteiger charge is -2.39. The quantitative estimate of drug-likeness (QED) is 0.293. The highest BCUT2D eigenvalue weighted by Gasteiger charge is 2.23. The molecule has 0 aromatic heterocycles. The summed E-state index contributed by atoms with van der Waals surface area (Å²) in [4.78, 5) is 5.83. The van der Waals surface area contributed by atoms with Crippen molar-refractivity contribution in [3.63, 3.8) is 0 Å². The van der Waals surface area contributed by atoms with Gasteiger partial charge in [-0.1, -0.05) is 11.2 Å². The summed E-state index contributed by atoms with van der Waals surface area (Å²) in [6.07, 6.45) is 2.00. The first-order valence-corrected chi connectivity index (χ1v) is 8.44. The second-order valence-electron chi connectivity index (χ2n) is 5.46. The van der Waals surface area contributed by atoms with Gasteiger partial charge in [-0.25, -0.2) is 0 Å². The smallest absolute Gasteiger partial charge is 0.173 e. The van der Waals surface area contributed by atoms with Gasteiger partial charge in [0.1, 0.15) is 0 Å². The van der Waals surface area contributed by atoms with Crippen LogP contribution in [0.15, 0.2) is 28.3 Å². The van der Waals surface area contributed by atoms with Crippen LogP contribution in [0.3, 0.4) is 0 Å². The lowest BCUT2D eigenvalue weighted by Crippen LogP contribution is -2.49. The van der Waals surface area contributed by atoms with Gasteiger partial charge < -0.3 is 15.8 Å². The van der Waals surface area contributed by atoms with Gasteiger partial charge >= 0.3 is 0 Å². The molecule has 1 aliphatic heterocycles. The van der Waals surface area contributed by atoms with E-state index in [1.807, 2.05) is 18.4 Å². The largest absolute Gasteiger partial charge is 0.409 e. The first-order chi connectivity index (χ1) is 10.1. The molecule has 0 aliphatic carbocycles. The summed E-state index contributed by atoms with van der Waals surface area (Å²) in [7, 11) is 0. The third-order valence-electron chi connectivity index (χ3n) is 3.97. The fourth-order valence-corrected chi connectivity index (χ4v) is 3.37. The zero-order valence-electron chi connectivity index (χ0n) is 12.9. The molecule has 1 aromatic rings. The van der Waals surface area contributed by atoms with E-state index in [0.717, 1.165) is 42.3 Å². The van der Waals surface area contributed by atoms with Crippen LogP contribution in [0, 0.1) is 0 Å². The van der Waals surface area contributed by atoms with Crippen LogP contribution in [-0.4, -0.2) is 54.4 Å². The van der Waals surface area contributed by atoms with E-state index in [1.54, 1.807) is 11.8 Å². The number of piperazine rings is 1. The van der Waals surface area contributed by atoms with Crippen molar-refractivity contribution in [2.45, 2.75) is 24.8 Å². The summed E-state index contributed by atoms with van der Waals surface area (Å²) in [6, 6.07) is 6.67. The summed E-state index contributed by atoms with van der Waals surface area (Å²) in [6.45, 7) is 8.45. The summed E-state index contributed by atoms with van der Waals surface area (Å²) in [5, 5.41) is 12.3. The lowest BCUT2D eigenvalue weighted by molar-refractivity contribution is 0.209. The molecule has 2 rings (SSSR count). The number of hydrogen-bond acceptors (Lipinski definition) is 5. The third-order valence-corrected chi connectivity index (χ3v) is 4.75. The minimum absolute atomic E-state index is 0.182. The Morgan fingerprint density at radius 1 is 1.29 bits per heavy atom. The zero-order valence-corrected chi connectivity index (χ0v) is 13.7. The molecule has 0 saturated carbocycles. The molecule has 1 aromatic carbocycles. The van der Waals surface area contributed by atoms with Crippen LogP contribution < -0.4 is 10.6 Å². The number of nitrogens with zero attached hydrogens (tertiary/aromatic N) is 3. The van der Waals surface area contributed by atoms with Crippen molar-refractivity contribution >= 4 is 23.3 Å². The predicted octanol–water partition coefficient (Wildman–Crippen LogP) is 2.03. The summed E-state index contributed by atoms with van der Waals surface area (Å²) in [5.41, 5.74) is 7.80. The molecule has 1 aliphatic rings. The van der Waals surface area contributed by atoms with Gasteiger partial charge in [-0.15, -0.1) is 11.8 Å². The van der Waals surface area contributed by atoms with E-state index >= 15 is 0 Å². The molecular formula is C15H24N4OS.